The maximum absolute atomic E-state index is 13.0. The van der Waals surface area contributed by atoms with Gasteiger partial charge in [0.15, 0.2) is 0 Å². The SMILES string of the molecule is CN1CC[NH+](Cc2c(O)ccc3c(=O)c(-c4ccccc4)coc23)CC1.Cl. The van der Waals surface area contributed by atoms with Gasteiger partial charge in [0.2, 0.25) is 5.43 Å². The molecule has 0 saturated carbocycles. The molecule has 5 nitrogen and oxygen atoms in total. The number of nitrogens with one attached hydrogen (secondary N) is 1. The Balaban J connectivity index is 0.00000210. The molecule has 4 rings (SSSR count). The Morgan fingerprint density at radius 2 is 1.81 bits per heavy atom. The van der Waals surface area contributed by atoms with E-state index in [1.807, 2.05) is 30.3 Å². The molecule has 1 saturated heterocycles. The van der Waals surface area contributed by atoms with Crippen LogP contribution in [0.4, 0.5) is 0 Å². The van der Waals surface area contributed by atoms with Crippen LogP contribution in [0.1, 0.15) is 5.56 Å². The number of piperazine rings is 1. The fraction of sp³-hybridized carbons (Fsp3) is 0.286. The highest BCUT2D eigenvalue weighted by Gasteiger charge is 2.22. The lowest BCUT2D eigenvalue weighted by molar-refractivity contribution is -0.917. The molecule has 2 N–H and O–H groups in total. The average Bonchev–Trinajstić information content (AvgIpc) is 2.66. The zero-order valence-corrected chi connectivity index (χ0v) is 16.1. The van der Waals surface area contributed by atoms with Crippen molar-refractivity contribution in [3.63, 3.8) is 0 Å². The van der Waals surface area contributed by atoms with E-state index in [4.69, 9.17) is 4.42 Å². The van der Waals surface area contributed by atoms with Crippen molar-refractivity contribution in [1.29, 1.82) is 0 Å². The van der Waals surface area contributed by atoms with E-state index >= 15 is 0 Å². The second kappa shape index (κ2) is 8.13. The Bertz CT molecular complexity index is 980. The van der Waals surface area contributed by atoms with E-state index in [0.29, 0.717) is 23.1 Å². The van der Waals surface area contributed by atoms with Gasteiger partial charge in [-0.05, 0) is 24.7 Å². The molecule has 0 amide bonds. The van der Waals surface area contributed by atoms with Crippen LogP contribution in [0.5, 0.6) is 5.75 Å². The van der Waals surface area contributed by atoms with Crippen molar-refractivity contribution >= 4 is 23.4 Å². The van der Waals surface area contributed by atoms with E-state index < -0.39 is 0 Å². The third-order valence-electron chi connectivity index (χ3n) is 5.23. The van der Waals surface area contributed by atoms with Gasteiger partial charge >= 0.3 is 0 Å². The fourth-order valence-corrected chi connectivity index (χ4v) is 3.60. The number of nitrogens with zero attached hydrogens (tertiary/aromatic N) is 1. The first kappa shape index (κ1) is 19.4. The van der Waals surface area contributed by atoms with Gasteiger partial charge in [-0.2, -0.15) is 0 Å². The van der Waals surface area contributed by atoms with Gasteiger partial charge in [0.1, 0.15) is 24.1 Å². The minimum absolute atomic E-state index is 0. The minimum atomic E-state index is -0.0629. The van der Waals surface area contributed by atoms with Crippen molar-refractivity contribution in [3.8, 4) is 16.9 Å². The van der Waals surface area contributed by atoms with Crippen molar-refractivity contribution < 1.29 is 14.4 Å². The molecule has 0 spiro atoms. The first-order valence-corrected chi connectivity index (χ1v) is 8.97. The van der Waals surface area contributed by atoms with Gasteiger partial charge < -0.3 is 14.4 Å². The number of rotatable bonds is 3. The summed E-state index contributed by atoms with van der Waals surface area (Å²) < 4.78 is 5.87. The van der Waals surface area contributed by atoms with Crippen LogP contribution in [0.2, 0.25) is 0 Å². The highest BCUT2D eigenvalue weighted by Crippen LogP contribution is 2.27. The third-order valence-corrected chi connectivity index (χ3v) is 5.23. The first-order valence-electron chi connectivity index (χ1n) is 8.97. The predicted octanol–water partition coefficient (Wildman–Crippen LogP) is 1.92. The number of hydrogen-bond acceptors (Lipinski definition) is 4. The molecular weight excluding hydrogens is 364 g/mol. The van der Waals surface area contributed by atoms with E-state index in [0.717, 1.165) is 37.3 Å². The monoisotopic (exact) mass is 387 g/mol. The third kappa shape index (κ3) is 3.86. The lowest BCUT2D eigenvalue weighted by atomic mass is 10.0. The molecule has 0 unspecified atom stereocenters. The maximum Gasteiger partial charge on any atom is 0.200 e. The highest BCUT2D eigenvalue weighted by molar-refractivity contribution is 5.86. The van der Waals surface area contributed by atoms with Gasteiger partial charge in [0, 0.05) is 13.1 Å². The summed E-state index contributed by atoms with van der Waals surface area (Å²) in [6.45, 7) is 4.74. The van der Waals surface area contributed by atoms with Crippen LogP contribution in [0, 0.1) is 0 Å². The predicted molar refractivity (Wildman–Crippen MR) is 109 cm³/mol. The van der Waals surface area contributed by atoms with Gasteiger partial charge in [-0.3, -0.25) is 9.69 Å². The van der Waals surface area contributed by atoms with Crippen molar-refractivity contribution in [2.75, 3.05) is 33.2 Å². The zero-order chi connectivity index (χ0) is 18.1. The largest absolute Gasteiger partial charge is 0.507 e. The van der Waals surface area contributed by atoms with Gasteiger partial charge in [-0.1, -0.05) is 30.3 Å². The summed E-state index contributed by atoms with van der Waals surface area (Å²) in [5.74, 6) is 0.194. The van der Waals surface area contributed by atoms with Crippen LogP contribution < -0.4 is 10.3 Å². The highest BCUT2D eigenvalue weighted by atomic mass is 35.5. The average molecular weight is 388 g/mol. The summed E-state index contributed by atoms with van der Waals surface area (Å²) in [5, 5.41) is 10.9. The van der Waals surface area contributed by atoms with Crippen LogP contribution in [-0.2, 0) is 6.54 Å². The second-order valence-corrected chi connectivity index (χ2v) is 7.01. The molecular formula is C21H24ClN2O3+. The Kier molecular flexibility index (Phi) is 5.85. The van der Waals surface area contributed by atoms with Crippen LogP contribution in [-0.4, -0.2) is 43.2 Å². The lowest BCUT2D eigenvalue weighted by Crippen LogP contribution is -3.13. The molecule has 0 atom stereocenters. The molecule has 0 radical (unpaired) electrons. The number of benzene rings is 2. The molecule has 0 aliphatic carbocycles. The molecule has 3 aromatic rings. The van der Waals surface area contributed by atoms with Crippen molar-refractivity contribution in [3.05, 3.63) is 64.5 Å². The number of hydrogen-bond donors (Lipinski definition) is 2. The number of quaternary nitrogens is 1. The van der Waals surface area contributed by atoms with Crippen molar-refractivity contribution in [1.82, 2.24) is 4.90 Å². The van der Waals surface area contributed by atoms with E-state index in [2.05, 4.69) is 11.9 Å². The summed E-state index contributed by atoms with van der Waals surface area (Å²) in [5.41, 5.74) is 2.54. The molecule has 0 bridgehead atoms. The number of likely N-dealkylation sites (N-methyl/N-ethyl adjacent to an activating group) is 1. The topological polar surface area (TPSA) is 58.1 Å². The van der Waals surface area contributed by atoms with Crippen molar-refractivity contribution in [2.24, 2.45) is 0 Å². The maximum atomic E-state index is 13.0. The summed E-state index contributed by atoms with van der Waals surface area (Å²) in [7, 11) is 2.12. The second-order valence-electron chi connectivity index (χ2n) is 7.01. The first-order chi connectivity index (χ1) is 12.6. The molecule has 1 aromatic heterocycles. The summed E-state index contributed by atoms with van der Waals surface area (Å²) in [4.78, 5) is 16.7. The molecule has 142 valence electrons. The van der Waals surface area contributed by atoms with E-state index in [1.54, 1.807) is 12.1 Å². The summed E-state index contributed by atoms with van der Waals surface area (Å²) in [6, 6.07) is 12.8. The molecule has 2 heterocycles. The molecule has 1 aliphatic rings. The molecule has 1 aliphatic heterocycles. The Labute approximate surface area is 164 Å². The van der Waals surface area contributed by atoms with Crippen LogP contribution >= 0.6 is 12.4 Å². The quantitative estimate of drug-likeness (QED) is 0.721. The molecule has 2 aromatic carbocycles. The standard InChI is InChI=1S/C21H22N2O3.ClH/c1-22-9-11-23(12-10-22)13-17-19(24)8-7-16-20(25)18(14-26-21(16)17)15-5-3-2-4-6-15;/h2-8,14,24H,9-13H2,1H3;1H/p+1. The Morgan fingerprint density at radius 1 is 1.11 bits per heavy atom. The smallest absolute Gasteiger partial charge is 0.200 e. The minimum Gasteiger partial charge on any atom is -0.507 e. The van der Waals surface area contributed by atoms with Crippen LogP contribution in [0.3, 0.4) is 0 Å². The van der Waals surface area contributed by atoms with Gasteiger partial charge in [-0.25, -0.2) is 0 Å². The van der Waals surface area contributed by atoms with Crippen LogP contribution in [0.25, 0.3) is 22.1 Å². The van der Waals surface area contributed by atoms with Gasteiger partial charge in [-0.15, -0.1) is 12.4 Å². The van der Waals surface area contributed by atoms with Gasteiger partial charge in [0.05, 0.1) is 29.6 Å². The van der Waals surface area contributed by atoms with Gasteiger partial charge in [0.25, 0.3) is 0 Å². The van der Waals surface area contributed by atoms with Crippen LogP contribution in [0.15, 0.2) is 57.9 Å². The number of aromatic hydroxyl groups is 1. The lowest BCUT2D eigenvalue weighted by Gasteiger charge is -2.29. The normalized spacial score (nSPS) is 15.6. The molecule has 6 heteroatoms. The fourth-order valence-electron chi connectivity index (χ4n) is 3.60. The van der Waals surface area contributed by atoms with E-state index in [9.17, 15) is 9.90 Å². The Hall–Kier alpha value is -2.34. The summed E-state index contributed by atoms with van der Waals surface area (Å²) >= 11 is 0. The number of phenolic OH excluding ortho intramolecular Hbond substituents is 1. The van der Waals surface area contributed by atoms with E-state index in [1.165, 1.54) is 11.2 Å². The summed E-state index contributed by atoms with van der Waals surface area (Å²) in [6.07, 6.45) is 1.52. The number of halogens is 1. The molecule has 27 heavy (non-hydrogen) atoms. The Morgan fingerprint density at radius 3 is 2.52 bits per heavy atom. The number of phenols is 1. The zero-order valence-electron chi connectivity index (χ0n) is 15.3. The molecule has 1 fully saturated rings. The van der Waals surface area contributed by atoms with E-state index in [-0.39, 0.29) is 23.6 Å². The number of fused-ring (bicyclic) bond motifs is 1. The van der Waals surface area contributed by atoms with Crippen molar-refractivity contribution in [2.45, 2.75) is 6.54 Å².